The molecular formula is C24H34N8O2S. The molecule has 0 unspecified atom stereocenters. The number of primary amides is 1. The Labute approximate surface area is 211 Å². The second kappa shape index (κ2) is 11.1. The molecule has 11 heteroatoms. The number of carbonyl (C=O) groups is 1. The summed E-state index contributed by atoms with van der Waals surface area (Å²) in [6.07, 6.45) is 6.29. The summed E-state index contributed by atoms with van der Waals surface area (Å²) < 4.78 is 5.37. The number of hydrogen-bond acceptors (Lipinski definition) is 6. The number of guanidine groups is 1. The Bertz CT molecular complexity index is 1040. The number of piperidine rings is 2. The average Bonchev–Trinajstić information content (AvgIpc) is 3.36. The number of aromatic nitrogens is 2. The molecule has 188 valence electrons. The maximum Gasteiger partial charge on any atom is 0.238 e. The number of carbonyl (C=O) groups excluding carboxylic acids is 1. The molecule has 35 heavy (non-hydrogen) atoms. The topological polar surface area (TPSA) is 125 Å². The number of anilines is 1. The van der Waals surface area contributed by atoms with Gasteiger partial charge in [0.2, 0.25) is 17.8 Å². The molecule has 2 aliphatic heterocycles. The van der Waals surface area contributed by atoms with Gasteiger partial charge in [0.1, 0.15) is 11.3 Å². The molecule has 4 rings (SSSR count). The number of nitrogens with zero attached hydrogens (tertiary/aromatic N) is 5. The zero-order valence-corrected chi connectivity index (χ0v) is 21.2. The van der Waals surface area contributed by atoms with E-state index in [0.29, 0.717) is 49.5 Å². The molecule has 2 aromatic rings. The van der Waals surface area contributed by atoms with E-state index in [4.69, 9.17) is 22.4 Å². The van der Waals surface area contributed by atoms with Gasteiger partial charge in [-0.2, -0.15) is 4.99 Å². The molecule has 0 aliphatic carbocycles. The number of amides is 1. The highest BCUT2D eigenvalue weighted by Crippen LogP contribution is 2.31. The quantitative estimate of drug-likeness (QED) is 0.324. The van der Waals surface area contributed by atoms with Gasteiger partial charge in [-0.25, -0.2) is 9.97 Å². The second-order valence-corrected chi connectivity index (χ2v) is 9.59. The number of hydrogen-bond donors (Lipinski definition) is 3. The van der Waals surface area contributed by atoms with Gasteiger partial charge < -0.3 is 20.4 Å². The van der Waals surface area contributed by atoms with E-state index in [1.54, 1.807) is 6.26 Å². The minimum atomic E-state index is -0.615. The Kier molecular flexibility index (Phi) is 7.97. The molecule has 2 saturated heterocycles. The summed E-state index contributed by atoms with van der Waals surface area (Å²) >= 11 is 5.50. The average molecular weight is 499 g/mol. The lowest BCUT2D eigenvalue weighted by Gasteiger charge is -2.48. The Morgan fingerprint density at radius 2 is 1.86 bits per heavy atom. The molecule has 4 N–H and O–H groups in total. The fraction of sp³-hybridized carbons (Fsp3) is 0.542. The van der Waals surface area contributed by atoms with Crippen LogP contribution in [0.2, 0.25) is 0 Å². The van der Waals surface area contributed by atoms with E-state index in [2.05, 4.69) is 35.4 Å². The fourth-order valence-electron chi connectivity index (χ4n) is 4.90. The third-order valence-electron chi connectivity index (χ3n) is 6.72. The molecule has 0 spiro atoms. The Morgan fingerprint density at radius 1 is 1.17 bits per heavy atom. The van der Waals surface area contributed by atoms with E-state index in [9.17, 15) is 4.79 Å². The highest BCUT2D eigenvalue weighted by atomic mass is 32.1. The van der Waals surface area contributed by atoms with Gasteiger partial charge >= 0.3 is 0 Å². The first-order valence-electron chi connectivity index (χ1n) is 12.1. The largest absolute Gasteiger partial charge is 0.467 e. The van der Waals surface area contributed by atoms with Crippen LogP contribution in [0.25, 0.3) is 0 Å². The Hall–Kier alpha value is -3.05. The molecule has 0 aromatic carbocycles. The van der Waals surface area contributed by atoms with Gasteiger partial charge in [-0.3, -0.25) is 15.0 Å². The number of aryl methyl sites for hydroxylation is 2. The van der Waals surface area contributed by atoms with Crippen molar-refractivity contribution in [3.8, 4) is 0 Å². The standard InChI is InChI=1S/C24H34N8O2S/c1-17-15-18(2)28-21(27-17)29-22(30-23(35)26-16-19-7-6-14-34-19)31-12-8-24(9-13-31,20(25)33)32-10-4-3-5-11-32/h6-7,14-15H,3-5,8-13,16H2,1-2H3,(H2,25,33)(H2,26,27,28,29,30,35). The molecule has 0 saturated carbocycles. The fourth-order valence-corrected chi connectivity index (χ4v) is 5.06. The van der Waals surface area contributed by atoms with Crippen LogP contribution in [0.1, 0.15) is 49.3 Å². The van der Waals surface area contributed by atoms with E-state index in [-0.39, 0.29) is 5.91 Å². The van der Waals surface area contributed by atoms with Gasteiger partial charge in [-0.05, 0) is 83.0 Å². The van der Waals surface area contributed by atoms with Crippen molar-refractivity contribution in [1.82, 2.24) is 25.1 Å². The highest BCUT2D eigenvalue weighted by Gasteiger charge is 2.45. The minimum Gasteiger partial charge on any atom is -0.467 e. The second-order valence-electron chi connectivity index (χ2n) is 9.20. The summed E-state index contributed by atoms with van der Waals surface area (Å²) in [4.78, 5) is 30.7. The first-order chi connectivity index (χ1) is 16.9. The van der Waals surface area contributed by atoms with Crippen molar-refractivity contribution >= 4 is 35.1 Å². The minimum absolute atomic E-state index is 0.237. The molecule has 0 bridgehead atoms. The van der Waals surface area contributed by atoms with Crippen LogP contribution in [0, 0.1) is 13.8 Å². The normalized spacial score (nSPS) is 18.8. The molecule has 0 radical (unpaired) electrons. The van der Waals surface area contributed by atoms with Crippen LogP contribution in [0.3, 0.4) is 0 Å². The molecule has 0 atom stereocenters. The molecule has 2 aliphatic rings. The summed E-state index contributed by atoms with van der Waals surface area (Å²) in [5.41, 5.74) is 7.07. The third-order valence-corrected chi connectivity index (χ3v) is 6.95. The summed E-state index contributed by atoms with van der Waals surface area (Å²) in [6.45, 7) is 7.33. The van der Waals surface area contributed by atoms with Gasteiger partial charge in [0, 0.05) is 24.5 Å². The van der Waals surface area contributed by atoms with Crippen LogP contribution in [0.15, 0.2) is 33.9 Å². The van der Waals surface area contributed by atoms with E-state index in [1.807, 2.05) is 32.0 Å². The smallest absolute Gasteiger partial charge is 0.238 e. The molecule has 10 nitrogen and oxygen atoms in total. The molecule has 4 heterocycles. The van der Waals surface area contributed by atoms with Crippen LogP contribution in [0.5, 0.6) is 0 Å². The van der Waals surface area contributed by atoms with Gasteiger partial charge in [0.25, 0.3) is 0 Å². The van der Waals surface area contributed by atoms with E-state index < -0.39 is 5.54 Å². The van der Waals surface area contributed by atoms with Crippen molar-refractivity contribution in [3.05, 3.63) is 41.6 Å². The lowest BCUT2D eigenvalue weighted by atomic mass is 9.83. The van der Waals surface area contributed by atoms with E-state index >= 15 is 0 Å². The van der Waals surface area contributed by atoms with Crippen LogP contribution < -0.4 is 16.4 Å². The molecule has 2 fully saturated rings. The maximum atomic E-state index is 12.7. The number of thiocarbonyl (C=S) groups is 1. The summed E-state index contributed by atoms with van der Waals surface area (Å²) in [5.74, 6) is 1.53. The van der Waals surface area contributed by atoms with Crippen molar-refractivity contribution in [2.75, 3.05) is 31.5 Å². The lowest BCUT2D eigenvalue weighted by Crippen LogP contribution is -2.64. The number of nitrogens with one attached hydrogen (secondary N) is 2. The van der Waals surface area contributed by atoms with Crippen LogP contribution in [-0.2, 0) is 11.3 Å². The first-order valence-corrected chi connectivity index (χ1v) is 12.5. The number of furan rings is 1. The SMILES string of the molecule is Cc1cc(C)nc(N/C(=N/C(=S)NCc2ccco2)N2CCC(C(N)=O)(N3CCCCC3)CC2)n1. The van der Waals surface area contributed by atoms with Crippen molar-refractivity contribution in [1.29, 1.82) is 0 Å². The Morgan fingerprint density at radius 3 is 2.46 bits per heavy atom. The van der Waals surface area contributed by atoms with Gasteiger partial charge in [0.15, 0.2) is 5.11 Å². The van der Waals surface area contributed by atoms with Gasteiger partial charge in [-0.15, -0.1) is 0 Å². The Balaban J connectivity index is 1.52. The van der Waals surface area contributed by atoms with Gasteiger partial charge in [-0.1, -0.05) is 6.42 Å². The first kappa shape index (κ1) is 25.1. The maximum absolute atomic E-state index is 12.7. The summed E-state index contributed by atoms with van der Waals surface area (Å²) in [7, 11) is 0. The van der Waals surface area contributed by atoms with E-state index in [0.717, 1.165) is 43.1 Å². The number of likely N-dealkylation sites (tertiary alicyclic amines) is 2. The summed E-state index contributed by atoms with van der Waals surface area (Å²) in [6, 6.07) is 5.61. The van der Waals surface area contributed by atoms with Crippen molar-refractivity contribution in [2.45, 2.75) is 58.0 Å². The van der Waals surface area contributed by atoms with Crippen LogP contribution in [0.4, 0.5) is 5.95 Å². The lowest BCUT2D eigenvalue weighted by molar-refractivity contribution is -0.134. The number of nitrogens with two attached hydrogens (primary N) is 1. The van der Waals surface area contributed by atoms with Crippen LogP contribution in [-0.4, -0.2) is 68.5 Å². The third kappa shape index (κ3) is 6.15. The van der Waals surface area contributed by atoms with Gasteiger partial charge in [0.05, 0.1) is 12.8 Å². The van der Waals surface area contributed by atoms with E-state index in [1.165, 1.54) is 6.42 Å². The predicted octanol–water partition coefficient (Wildman–Crippen LogP) is 2.33. The van der Waals surface area contributed by atoms with Crippen molar-refractivity contribution in [3.63, 3.8) is 0 Å². The van der Waals surface area contributed by atoms with Crippen LogP contribution >= 0.6 is 12.2 Å². The zero-order chi connectivity index (χ0) is 24.8. The van der Waals surface area contributed by atoms with Crippen molar-refractivity contribution in [2.24, 2.45) is 10.7 Å². The predicted molar refractivity (Wildman–Crippen MR) is 139 cm³/mol. The highest BCUT2D eigenvalue weighted by molar-refractivity contribution is 7.80. The number of rotatable bonds is 5. The number of aliphatic imine (C=N–C) groups is 1. The monoisotopic (exact) mass is 498 g/mol. The zero-order valence-electron chi connectivity index (χ0n) is 20.4. The molecule has 1 amide bonds. The van der Waals surface area contributed by atoms with Crippen molar-refractivity contribution < 1.29 is 9.21 Å². The summed E-state index contributed by atoms with van der Waals surface area (Å²) in [5, 5.41) is 6.69. The molecule has 2 aromatic heterocycles. The molecular weight excluding hydrogens is 464 g/mol.